The predicted molar refractivity (Wildman–Crippen MR) is 74.9 cm³/mol. The van der Waals surface area contributed by atoms with Crippen LogP contribution in [-0.2, 0) is 9.47 Å². The van der Waals surface area contributed by atoms with Crippen molar-refractivity contribution >= 4 is 0 Å². The van der Waals surface area contributed by atoms with Crippen LogP contribution in [0.15, 0.2) is 24.3 Å². The Bertz CT molecular complexity index is 328. The van der Waals surface area contributed by atoms with E-state index in [1.807, 2.05) is 0 Å². The van der Waals surface area contributed by atoms with Gasteiger partial charge in [0, 0.05) is 13.7 Å². The molecule has 3 heteroatoms. The van der Waals surface area contributed by atoms with E-state index in [1.54, 1.807) is 7.11 Å². The molecule has 102 valence electrons. The molecule has 1 atom stereocenters. The first-order valence-electron chi connectivity index (χ1n) is 6.62. The van der Waals surface area contributed by atoms with Crippen molar-refractivity contribution < 1.29 is 9.47 Å². The van der Waals surface area contributed by atoms with Crippen molar-refractivity contribution in [1.82, 2.24) is 0 Å². The zero-order valence-electron chi connectivity index (χ0n) is 11.5. The van der Waals surface area contributed by atoms with Crippen molar-refractivity contribution in [3.63, 3.8) is 0 Å². The molecule has 0 heterocycles. The second-order valence-electron chi connectivity index (χ2n) is 4.54. The Morgan fingerprint density at radius 2 is 1.94 bits per heavy atom. The normalized spacial score (nSPS) is 12.6. The van der Waals surface area contributed by atoms with Crippen molar-refractivity contribution in [2.24, 2.45) is 5.73 Å². The maximum Gasteiger partial charge on any atom is 0.0700 e. The molecule has 1 unspecified atom stereocenters. The van der Waals surface area contributed by atoms with Gasteiger partial charge in [0.1, 0.15) is 0 Å². The summed E-state index contributed by atoms with van der Waals surface area (Å²) in [6.45, 7) is 4.97. The molecule has 0 aromatic heterocycles. The summed E-state index contributed by atoms with van der Waals surface area (Å²) >= 11 is 0. The topological polar surface area (TPSA) is 44.5 Å². The third-order valence-electron chi connectivity index (χ3n) is 3.19. The molecule has 0 bridgehead atoms. The van der Waals surface area contributed by atoms with Gasteiger partial charge in [-0.2, -0.15) is 0 Å². The van der Waals surface area contributed by atoms with Crippen LogP contribution in [0.25, 0.3) is 0 Å². The Kier molecular flexibility index (Phi) is 7.65. The van der Waals surface area contributed by atoms with Gasteiger partial charge in [0.2, 0.25) is 0 Å². The van der Waals surface area contributed by atoms with Gasteiger partial charge in [0.05, 0.1) is 13.2 Å². The molecular formula is C15H25NO2. The summed E-state index contributed by atoms with van der Waals surface area (Å²) in [7, 11) is 1.69. The van der Waals surface area contributed by atoms with Crippen LogP contribution in [0.5, 0.6) is 0 Å². The van der Waals surface area contributed by atoms with E-state index in [0.29, 0.717) is 25.7 Å². The number of methoxy groups -OCH3 is 1. The molecule has 3 nitrogen and oxygen atoms in total. The minimum absolute atomic E-state index is 0.442. The summed E-state index contributed by atoms with van der Waals surface area (Å²) < 4.78 is 10.4. The van der Waals surface area contributed by atoms with Crippen LogP contribution in [-0.4, -0.2) is 33.5 Å². The number of hydrogen-bond donors (Lipinski definition) is 1. The highest BCUT2D eigenvalue weighted by atomic mass is 16.5. The third kappa shape index (κ3) is 5.17. The van der Waals surface area contributed by atoms with Crippen LogP contribution >= 0.6 is 0 Å². The van der Waals surface area contributed by atoms with Gasteiger partial charge >= 0.3 is 0 Å². The summed E-state index contributed by atoms with van der Waals surface area (Å²) in [5, 5.41) is 0. The van der Waals surface area contributed by atoms with Gasteiger partial charge in [-0.3, -0.25) is 0 Å². The minimum atomic E-state index is 0.442. The molecule has 1 aromatic rings. The summed E-state index contributed by atoms with van der Waals surface area (Å²) in [6, 6.07) is 8.48. The van der Waals surface area contributed by atoms with E-state index in [-0.39, 0.29) is 0 Å². The van der Waals surface area contributed by atoms with E-state index >= 15 is 0 Å². The molecule has 2 N–H and O–H groups in total. The highest BCUT2D eigenvalue weighted by Gasteiger charge is 2.11. The smallest absolute Gasteiger partial charge is 0.0700 e. The first-order chi connectivity index (χ1) is 8.79. The molecule has 1 aromatic carbocycles. The maximum absolute atomic E-state index is 5.88. The Morgan fingerprint density at radius 1 is 1.17 bits per heavy atom. The van der Waals surface area contributed by atoms with Crippen molar-refractivity contribution in [3.05, 3.63) is 35.4 Å². The van der Waals surface area contributed by atoms with Crippen molar-refractivity contribution in [2.45, 2.75) is 25.7 Å². The van der Waals surface area contributed by atoms with E-state index in [9.17, 15) is 0 Å². The van der Waals surface area contributed by atoms with Gasteiger partial charge in [0.25, 0.3) is 0 Å². The van der Waals surface area contributed by atoms with E-state index in [1.165, 1.54) is 11.1 Å². The lowest BCUT2D eigenvalue weighted by atomic mass is 9.91. The molecule has 0 aliphatic carbocycles. The fraction of sp³-hybridized carbons (Fsp3) is 0.600. The molecule has 0 saturated carbocycles. The number of ether oxygens (including phenoxy) is 2. The van der Waals surface area contributed by atoms with Crippen LogP contribution in [0.2, 0.25) is 0 Å². The van der Waals surface area contributed by atoms with Crippen LogP contribution < -0.4 is 5.73 Å². The fourth-order valence-electron chi connectivity index (χ4n) is 2.12. The average molecular weight is 251 g/mol. The molecule has 0 spiro atoms. The van der Waals surface area contributed by atoms with Crippen molar-refractivity contribution in [2.75, 3.05) is 33.5 Å². The Morgan fingerprint density at radius 3 is 2.61 bits per heavy atom. The van der Waals surface area contributed by atoms with Gasteiger partial charge in [-0.15, -0.1) is 0 Å². The van der Waals surface area contributed by atoms with Crippen LogP contribution in [0.1, 0.15) is 29.9 Å². The number of aryl methyl sites for hydroxylation is 1. The molecule has 0 aliphatic heterocycles. The van der Waals surface area contributed by atoms with Crippen LogP contribution in [0.4, 0.5) is 0 Å². The standard InChI is InChI=1S/C15H25NO2/c1-13-6-3-4-8-15(13)14(12-16)7-5-9-18-11-10-17-2/h3-4,6,8,14H,5,7,9-12,16H2,1-2H3. The highest BCUT2D eigenvalue weighted by molar-refractivity contribution is 5.29. The summed E-state index contributed by atoms with van der Waals surface area (Å²) in [6.07, 6.45) is 2.12. The van der Waals surface area contributed by atoms with Gasteiger partial charge in [-0.05, 0) is 43.4 Å². The number of benzene rings is 1. The van der Waals surface area contributed by atoms with Crippen LogP contribution in [0, 0.1) is 6.92 Å². The zero-order valence-corrected chi connectivity index (χ0v) is 11.5. The first-order valence-corrected chi connectivity index (χ1v) is 6.62. The van der Waals surface area contributed by atoms with E-state index in [2.05, 4.69) is 31.2 Å². The first kappa shape index (κ1) is 15.2. The average Bonchev–Trinajstić information content (AvgIpc) is 2.39. The van der Waals surface area contributed by atoms with Gasteiger partial charge in [0.15, 0.2) is 0 Å². The van der Waals surface area contributed by atoms with Gasteiger partial charge in [-0.25, -0.2) is 0 Å². The molecule has 18 heavy (non-hydrogen) atoms. The Labute approximate surface area is 110 Å². The molecule has 1 rings (SSSR count). The molecule has 0 aliphatic rings. The predicted octanol–water partition coefficient (Wildman–Crippen LogP) is 2.48. The molecule has 0 fully saturated rings. The minimum Gasteiger partial charge on any atom is -0.382 e. The van der Waals surface area contributed by atoms with Gasteiger partial charge in [-0.1, -0.05) is 24.3 Å². The Balaban J connectivity index is 2.32. The second-order valence-corrected chi connectivity index (χ2v) is 4.54. The van der Waals surface area contributed by atoms with E-state index in [4.69, 9.17) is 15.2 Å². The lowest BCUT2D eigenvalue weighted by Crippen LogP contribution is -2.14. The highest BCUT2D eigenvalue weighted by Crippen LogP contribution is 2.23. The molecule has 0 radical (unpaired) electrons. The van der Waals surface area contributed by atoms with E-state index < -0.39 is 0 Å². The lowest BCUT2D eigenvalue weighted by Gasteiger charge is -2.17. The summed E-state index contributed by atoms with van der Waals surface area (Å²) in [4.78, 5) is 0. The van der Waals surface area contributed by atoms with Crippen molar-refractivity contribution in [1.29, 1.82) is 0 Å². The van der Waals surface area contributed by atoms with Crippen LogP contribution in [0.3, 0.4) is 0 Å². The number of nitrogens with two attached hydrogens (primary N) is 1. The largest absolute Gasteiger partial charge is 0.382 e. The SMILES string of the molecule is COCCOCCCC(CN)c1ccccc1C. The summed E-state index contributed by atoms with van der Waals surface area (Å²) in [5.41, 5.74) is 8.57. The van der Waals surface area contributed by atoms with E-state index in [0.717, 1.165) is 19.4 Å². The number of rotatable bonds is 9. The summed E-state index contributed by atoms with van der Waals surface area (Å²) in [5.74, 6) is 0.442. The molecule has 0 saturated heterocycles. The zero-order chi connectivity index (χ0) is 13.2. The van der Waals surface area contributed by atoms with Crippen molar-refractivity contribution in [3.8, 4) is 0 Å². The number of hydrogen-bond acceptors (Lipinski definition) is 3. The molecular weight excluding hydrogens is 226 g/mol. The third-order valence-corrected chi connectivity index (χ3v) is 3.19. The monoisotopic (exact) mass is 251 g/mol. The fourth-order valence-corrected chi connectivity index (χ4v) is 2.12. The quantitative estimate of drug-likeness (QED) is 0.686. The maximum atomic E-state index is 5.88. The second kappa shape index (κ2) is 9.09. The lowest BCUT2D eigenvalue weighted by molar-refractivity contribution is 0.0682. The molecule has 0 amide bonds. The Hall–Kier alpha value is -0.900. The van der Waals surface area contributed by atoms with Gasteiger partial charge < -0.3 is 15.2 Å².